The third kappa shape index (κ3) is 3.80. The average molecular weight is 400 g/mol. The molecule has 3 aromatic rings. The first kappa shape index (κ1) is 19.4. The summed E-state index contributed by atoms with van der Waals surface area (Å²) in [6.07, 6.45) is 2.77. The van der Waals surface area contributed by atoms with Crippen molar-refractivity contribution in [3.05, 3.63) is 76.8 Å². The molecule has 0 spiro atoms. The highest BCUT2D eigenvalue weighted by Gasteiger charge is 2.29. The first-order chi connectivity index (χ1) is 14.7. The van der Waals surface area contributed by atoms with Crippen LogP contribution in [0.1, 0.15) is 37.3 Å². The van der Waals surface area contributed by atoms with Crippen LogP contribution in [0.2, 0.25) is 0 Å². The molecular weight excluding hydrogens is 380 g/mol. The van der Waals surface area contributed by atoms with Crippen LogP contribution in [0.4, 0.5) is 6.01 Å². The van der Waals surface area contributed by atoms with Crippen molar-refractivity contribution in [2.45, 2.75) is 26.2 Å². The second-order valence-corrected chi connectivity index (χ2v) is 6.77. The number of esters is 1. The number of aromatic nitrogens is 1. The minimum absolute atomic E-state index is 0.0956. The number of nitrogens with one attached hydrogen (secondary N) is 1. The summed E-state index contributed by atoms with van der Waals surface area (Å²) in [5.41, 5.74) is 3.10. The molecule has 0 atom stereocenters. The van der Waals surface area contributed by atoms with Crippen LogP contribution < -0.4 is 5.32 Å². The van der Waals surface area contributed by atoms with Gasteiger partial charge in [-0.1, -0.05) is 56.2 Å². The molecule has 7 heteroatoms. The van der Waals surface area contributed by atoms with Crippen LogP contribution in [0.25, 0.3) is 21.6 Å². The summed E-state index contributed by atoms with van der Waals surface area (Å²) in [5.74, 6) is -0.173. The van der Waals surface area contributed by atoms with E-state index in [0.717, 1.165) is 24.8 Å². The molecule has 0 unspecified atom stereocenters. The molecule has 1 aliphatic rings. The molecule has 2 aromatic carbocycles. The van der Waals surface area contributed by atoms with Crippen molar-refractivity contribution in [2.24, 2.45) is 4.99 Å². The van der Waals surface area contributed by atoms with Gasteiger partial charge in [-0.3, -0.25) is 4.79 Å². The first-order valence-corrected chi connectivity index (χ1v) is 9.81. The van der Waals surface area contributed by atoms with Crippen LogP contribution in [0.15, 0.2) is 63.6 Å². The summed E-state index contributed by atoms with van der Waals surface area (Å²) < 4.78 is 11.0. The smallest absolute Gasteiger partial charge is 0.338 e. The number of unbranched alkanes of at least 4 members (excludes halogenated alkanes) is 2. The molecule has 2 heterocycles. The van der Waals surface area contributed by atoms with Crippen molar-refractivity contribution in [1.29, 1.82) is 0 Å². The predicted molar refractivity (Wildman–Crippen MR) is 114 cm³/mol. The summed E-state index contributed by atoms with van der Waals surface area (Å²) >= 11 is 0. The third-order valence-corrected chi connectivity index (χ3v) is 4.71. The molecule has 0 saturated carbocycles. The van der Waals surface area contributed by atoms with Gasteiger partial charge in [0.05, 0.1) is 18.9 Å². The molecule has 1 aliphatic heterocycles. The number of amidine groups is 1. The van der Waals surface area contributed by atoms with E-state index in [4.69, 9.17) is 15.7 Å². The molecule has 0 bridgehead atoms. The number of aliphatic imine (C=N–C) groups is 1. The molecule has 1 N–H and O–H groups in total. The lowest BCUT2D eigenvalue weighted by atomic mass is 10.1. The third-order valence-electron chi connectivity index (χ3n) is 4.71. The number of carbonyl (C=O) groups excluding carboxylic acids is 1. The molecule has 0 radical (unpaired) electrons. The van der Waals surface area contributed by atoms with E-state index in [2.05, 4.69) is 27.1 Å². The highest BCUT2D eigenvalue weighted by molar-refractivity contribution is 6.16. The molecule has 1 aromatic heterocycles. The summed E-state index contributed by atoms with van der Waals surface area (Å²) in [4.78, 5) is 24.8. The number of fused-ring (bicyclic) bond motifs is 2. The molecule has 0 aliphatic carbocycles. The number of carbonyl (C=O) groups is 1. The van der Waals surface area contributed by atoms with Crippen LogP contribution in [-0.4, -0.2) is 23.4 Å². The maximum absolute atomic E-state index is 12.5. The van der Waals surface area contributed by atoms with Gasteiger partial charge in [0, 0.05) is 5.56 Å². The van der Waals surface area contributed by atoms with E-state index >= 15 is 0 Å². The molecule has 0 saturated heterocycles. The zero-order valence-corrected chi connectivity index (χ0v) is 16.5. The molecule has 0 amide bonds. The number of rotatable bonds is 6. The molecule has 150 valence electrons. The van der Waals surface area contributed by atoms with E-state index in [1.54, 1.807) is 0 Å². The number of nitrogens with zero attached hydrogens (tertiary/aromatic N) is 3. The SMILES string of the molecule is [C-]#[N+]C(C(=O)OCCCCC)=C1NC(=Nc2nc3ccccc3o2)c2ccccc21. The van der Waals surface area contributed by atoms with E-state index in [-0.39, 0.29) is 11.7 Å². The number of para-hydroxylation sites is 2. The Labute approximate surface area is 173 Å². The quantitative estimate of drug-likeness (QED) is 0.277. The van der Waals surface area contributed by atoms with Gasteiger partial charge in [0.2, 0.25) is 0 Å². The van der Waals surface area contributed by atoms with Crippen molar-refractivity contribution in [1.82, 2.24) is 10.3 Å². The lowest BCUT2D eigenvalue weighted by Gasteiger charge is -2.07. The lowest BCUT2D eigenvalue weighted by Crippen LogP contribution is -2.18. The Bertz CT molecular complexity index is 1170. The second kappa shape index (κ2) is 8.62. The number of ether oxygens (including phenoxy) is 1. The fraction of sp³-hybridized carbons (Fsp3) is 0.217. The molecular formula is C23H20N4O3. The molecule has 0 fully saturated rings. The van der Waals surface area contributed by atoms with E-state index in [1.165, 1.54) is 0 Å². The Morgan fingerprint density at radius 3 is 2.70 bits per heavy atom. The van der Waals surface area contributed by atoms with E-state index < -0.39 is 5.97 Å². The van der Waals surface area contributed by atoms with Gasteiger partial charge in [0.15, 0.2) is 5.58 Å². The van der Waals surface area contributed by atoms with Gasteiger partial charge in [-0.25, -0.2) is 4.85 Å². The Balaban J connectivity index is 1.68. The zero-order valence-electron chi connectivity index (χ0n) is 16.5. The minimum Gasteiger partial charge on any atom is -0.471 e. The Morgan fingerprint density at radius 1 is 1.17 bits per heavy atom. The minimum atomic E-state index is -0.637. The molecule has 30 heavy (non-hydrogen) atoms. The van der Waals surface area contributed by atoms with Crippen LogP contribution in [-0.2, 0) is 9.53 Å². The second-order valence-electron chi connectivity index (χ2n) is 6.77. The van der Waals surface area contributed by atoms with E-state index in [9.17, 15) is 4.79 Å². The maximum Gasteiger partial charge on any atom is 0.338 e. The van der Waals surface area contributed by atoms with Crippen molar-refractivity contribution in [3.8, 4) is 0 Å². The Kier molecular flexibility index (Phi) is 5.57. The van der Waals surface area contributed by atoms with Crippen LogP contribution >= 0.6 is 0 Å². The fourth-order valence-corrected chi connectivity index (χ4v) is 3.23. The van der Waals surface area contributed by atoms with Crippen LogP contribution in [0.5, 0.6) is 0 Å². The fourth-order valence-electron chi connectivity index (χ4n) is 3.23. The van der Waals surface area contributed by atoms with Gasteiger partial charge in [-0.05, 0) is 24.1 Å². The van der Waals surface area contributed by atoms with Crippen molar-refractivity contribution in [2.75, 3.05) is 6.61 Å². The van der Waals surface area contributed by atoms with E-state index in [1.807, 2.05) is 48.5 Å². The Hall–Kier alpha value is -3.92. The van der Waals surface area contributed by atoms with E-state index in [0.29, 0.717) is 34.8 Å². The zero-order chi connectivity index (χ0) is 20.9. The number of oxazole rings is 1. The van der Waals surface area contributed by atoms with Gasteiger partial charge in [0.1, 0.15) is 11.4 Å². The molecule has 4 rings (SSSR count). The highest BCUT2D eigenvalue weighted by atomic mass is 16.5. The van der Waals surface area contributed by atoms with Gasteiger partial charge in [-0.15, -0.1) is 0 Å². The highest BCUT2D eigenvalue weighted by Crippen LogP contribution is 2.30. The average Bonchev–Trinajstić information content (AvgIpc) is 3.33. The maximum atomic E-state index is 12.5. The van der Waals surface area contributed by atoms with Crippen molar-refractivity contribution >= 4 is 34.6 Å². The summed E-state index contributed by atoms with van der Waals surface area (Å²) in [6.45, 7) is 9.90. The standard InChI is InChI=1S/C23H20N4O3/c1-3-4-9-14-29-22(28)20(24-2)19-15-10-5-6-11-16(15)21(26-19)27-23-25-17-12-7-8-13-18(17)30-23/h5-8,10-13H,3-4,9,14H2,1H3,(H,25,26,27). The Morgan fingerprint density at radius 2 is 1.93 bits per heavy atom. The van der Waals surface area contributed by atoms with Gasteiger partial charge < -0.3 is 14.5 Å². The topological polar surface area (TPSA) is 81.1 Å². The van der Waals surface area contributed by atoms with Crippen molar-refractivity contribution < 1.29 is 13.9 Å². The predicted octanol–water partition coefficient (Wildman–Crippen LogP) is 4.83. The monoisotopic (exact) mass is 400 g/mol. The number of hydrogen-bond donors (Lipinski definition) is 1. The number of hydrogen-bond acceptors (Lipinski definition) is 5. The van der Waals surface area contributed by atoms with Crippen LogP contribution in [0, 0.1) is 6.57 Å². The first-order valence-electron chi connectivity index (χ1n) is 9.81. The summed E-state index contributed by atoms with van der Waals surface area (Å²) in [6, 6.07) is 15.0. The lowest BCUT2D eigenvalue weighted by molar-refractivity contribution is -0.138. The normalized spacial score (nSPS) is 15.5. The summed E-state index contributed by atoms with van der Waals surface area (Å²) in [5, 5.41) is 3.10. The van der Waals surface area contributed by atoms with Gasteiger partial charge in [-0.2, -0.15) is 9.98 Å². The van der Waals surface area contributed by atoms with Gasteiger partial charge in [0.25, 0.3) is 5.70 Å². The van der Waals surface area contributed by atoms with Gasteiger partial charge >= 0.3 is 12.0 Å². The largest absolute Gasteiger partial charge is 0.471 e. The molecule has 7 nitrogen and oxygen atoms in total. The summed E-state index contributed by atoms with van der Waals surface area (Å²) in [7, 11) is 0. The van der Waals surface area contributed by atoms with Crippen LogP contribution in [0.3, 0.4) is 0 Å². The van der Waals surface area contributed by atoms with Crippen molar-refractivity contribution in [3.63, 3.8) is 0 Å². The number of benzene rings is 2.